The molecule has 158 valence electrons. The van der Waals surface area contributed by atoms with Crippen LogP contribution in [-0.4, -0.2) is 25.6 Å². The van der Waals surface area contributed by atoms with Crippen LogP contribution in [0.1, 0.15) is 27.9 Å². The van der Waals surface area contributed by atoms with Crippen molar-refractivity contribution in [1.82, 2.24) is 0 Å². The number of hydrogen-bond donors (Lipinski definition) is 0. The summed E-state index contributed by atoms with van der Waals surface area (Å²) in [6.45, 7) is -0.402. The molecule has 3 rings (SSSR count). The monoisotopic (exact) mass is 438 g/mol. The predicted octanol–water partition coefficient (Wildman–Crippen LogP) is 6.72. The second-order valence-electron chi connectivity index (χ2n) is 6.83. The lowest BCUT2D eigenvalue weighted by Crippen LogP contribution is -2.21. The van der Waals surface area contributed by atoms with Gasteiger partial charge in [-0.1, -0.05) is 36.4 Å². The minimum atomic E-state index is -4.90. The fourth-order valence-electron chi connectivity index (χ4n) is 3.30. The van der Waals surface area contributed by atoms with E-state index < -0.39 is 38.8 Å². The maximum atomic E-state index is 13.4. The highest BCUT2D eigenvalue weighted by atomic mass is 31.2. The van der Waals surface area contributed by atoms with Crippen molar-refractivity contribution in [2.24, 2.45) is 0 Å². The Kier molecular flexibility index (Phi) is 5.62. The fourth-order valence-corrected chi connectivity index (χ4v) is 5.45. The molecule has 1 aliphatic carbocycles. The molecule has 0 spiro atoms. The average Bonchev–Trinajstić information content (AvgIpc) is 2.92. The van der Waals surface area contributed by atoms with Gasteiger partial charge < -0.3 is 0 Å². The van der Waals surface area contributed by atoms with E-state index in [1.54, 1.807) is 37.3 Å². The van der Waals surface area contributed by atoms with E-state index in [4.69, 9.17) is 0 Å². The number of aryl methyl sites for hydroxylation is 2. The zero-order valence-corrected chi connectivity index (χ0v) is 16.3. The molecule has 0 saturated carbocycles. The molecular formula is C19H17F6O3P. The summed E-state index contributed by atoms with van der Waals surface area (Å²) in [6.07, 6.45) is -9.78. The highest BCUT2D eigenvalue weighted by Crippen LogP contribution is 2.69. The van der Waals surface area contributed by atoms with Crippen LogP contribution < -0.4 is 0 Å². The normalized spacial score (nSPS) is 16.6. The zero-order valence-electron chi connectivity index (χ0n) is 15.4. The number of hydrogen-bond acceptors (Lipinski definition) is 3. The molecule has 0 heterocycles. The van der Waals surface area contributed by atoms with Crippen LogP contribution in [0.5, 0.6) is 0 Å². The van der Waals surface area contributed by atoms with E-state index in [-0.39, 0.29) is 0 Å². The van der Waals surface area contributed by atoms with Crippen LogP contribution in [0.25, 0.3) is 11.1 Å². The first-order valence-electron chi connectivity index (χ1n) is 8.53. The lowest BCUT2D eigenvalue weighted by atomic mass is 10.00. The van der Waals surface area contributed by atoms with Gasteiger partial charge in [0.15, 0.2) is 13.2 Å². The van der Waals surface area contributed by atoms with E-state index in [0.717, 1.165) is 11.1 Å². The summed E-state index contributed by atoms with van der Waals surface area (Å²) in [5, 5.41) is 0. The maximum Gasteiger partial charge on any atom is 0.412 e. The summed E-state index contributed by atoms with van der Waals surface area (Å²) in [6, 6.07) is 9.79. The van der Waals surface area contributed by atoms with E-state index in [2.05, 4.69) is 9.05 Å². The van der Waals surface area contributed by atoms with Crippen LogP contribution >= 0.6 is 7.60 Å². The Labute approximate surface area is 163 Å². The Morgan fingerprint density at radius 3 is 1.90 bits per heavy atom. The van der Waals surface area contributed by atoms with Crippen molar-refractivity contribution < 1.29 is 40.0 Å². The average molecular weight is 438 g/mol. The first-order valence-corrected chi connectivity index (χ1v) is 10.1. The van der Waals surface area contributed by atoms with Gasteiger partial charge in [0.05, 0.1) is 0 Å². The van der Waals surface area contributed by atoms with Crippen molar-refractivity contribution in [3.63, 3.8) is 0 Å². The molecule has 1 atom stereocenters. The van der Waals surface area contributed by atoms with Crippen LogP contribution in [0.2, 0.25) is 0 Å². The topological polar surface area (TPSA) is 35.5 Å². The number of fused-ring (bicyclic) bond motifs is 3. The van der Waals surface area contributed by atoms with Crippen LogP contribution in [0.4, 0.5) is 26.3 Å². The van der Waals surface area contributed by atoms with Gasteiger partial charge in [0.1, 0.15) is 5.66 Å². The molecule has 0 aliphatic heterocycles. The van der Waals surface area contributed by atoms with Gasteiger partial charge >= 0.3 is 19.9 Å². The Bertz CT molecular complexity index is 945. The van der Waals surface area contributed by atoms with E-state index in [1.165, 1.54) is 6.07 Å². The van der Waals surface area contributed by atoms with E-state index in [9.17, 15) is 30.9 Å². The molecule has 0 saturated heterocycles. The number of rotatable bonds is 5. The Hall–Kier alpha value is -1.83. The SMILES string of the molecule is Cc1cc2c(cc1C)C(P(=O)(OCC(F)(F)F)OCC(F)(F)F)c1ccccc1-2. The van der Waals surface area contributed by atoms with Crippen molar-refractivity contribution in [3.05, 3.63) is 58.7 Å². The van der Waals surface area contributed by atoms with Gasteiger partial charge in [-0.25, -0.2) is 0 Å². The quantitative estimate of drug-likeness (QED) is 0.384. The molecule has 0 aromatic heterocycles. The van der Waals surface area contributed by atoms with Crippen molar-refractivity contribution in [2.45, 2.75) is 31.9 Å². The molecule has 1 unspecified atom stereocenters. The van der Waals surface area contributed by atoms with Crippen LogP contribution in [0.15, 0.2) is 36.4 Å². The Morgan fingerprint density at radius 2 is 1.34 bits per heavy atom. The van der Waals surface area contributed by atoms with E-state index >= 15 is 0 Å². The zero-order chi connectivity index (χ0) is 21.6. The molecule has 2 aromatic carbocycles. The van der Waals surface area contributed by atoms with Crippen molar-refractivity contribution >= 4 is 7.60 Å². The van der Waals surface area contributed by atoms with Crippen molar-refractivity contribution in [1.29, 1.82) is 0 Å². The van der Waals surface area contributed by atoms with Gasteiger partial charge in [-0.3, -0.25) is 13.6 Å². The second kappa shape index (κ2) is 7.45. The second-order valence-corrected chi connectivity index (χ2v) is 8.94. The number of alkyl halides is 6. The molecular weight excluding hydrogens is 421 g/mol. The Morgan fingerprint density at radius 1 is 0.828 bits per heavy atom. The lowest BCUT2D eigenvalue weighted by Gasteiger charge is -2.26. The van der Waals surface area contributed by atoms with Gasteiger partial charge in [-0.2, -0.15) is 26.3 Å². The number of benzene rings is 2. The van der Waals surface area contributed by atoms with Gasteiger partial charge in [0.2, 0.25) is 0 Å². The predicted molar refractivity (Wildman–Crippen MR) is 94.8 cm³/mol. The van der Waals surface area contributed by atoms with Crippen LogP contribution in [0.3, 0.4) is 0 Å². The summed E-state index contributed by atoms with van der Waals surface area (Å²) in [7, 11) is -4.90. The summed E-state index contributed by atoms with van der Waals surface area (Å²) >= 11 is 0. The fraction of sp³-hybridized carbons (Fsp3) is 0.368. The van der Waals surface area contributed by atoms with Gasteiger partial charge in [-0.05, 0) is 47.2 Å². The minimum absolute atomic E-state index is 0.306. The van der Waals surface area contributed by atoms with E-state index in [0.29, 0.717) is 22.3 Å². The van der Waals surface area contributed by atoms with E-state index in [1.807, 2.05) is 6.92 Å². The largest absolute Gasteiger partial charge is 0.412 e. The minimum Gasteiger partial charge on any atom is -0.298 e. The number of halogens is 6. The third-order valence-corrected chi connectivity index (χ3v) is 6.81. The first kappa shape index (κ1) is 21.9. The maximum absolute atomic E-state index is 13.4. The molecule has 0 radical (unpaired) electrons. The van der Waals surface area contributed by atoms with Crippen molar-refractivity contribution in [2.75, 3.05) is 13.2 Å². The van der Waals surface area contributed by atoms with Crippen molar-refractivity contribution in [3.8, 4) is 11.1 Å². The molecule has 1 aliphatic rings. The molecule has 29 heavy (non-hydrogen) atoms. The molecule has 3 nitrogen and oxygen atoms in total. The van der Waals surface area contributed by atoms with Crippen LogP contribution in [-0.2, 0) is 13.6 Å². The summed E-state index contributed by atoms with van der Waals surface area (Å²) in [5.74, 6) is 0. The lowest BCUT2D eigenvalue weighted by molar-refractivity contribution is -0.165. The molecule has 0 fully saturated rings. The Balaban J connectivity index is 2.14. The molecule has 0 N–H and O–H groups in total. The molecule has 0 bridgehead atoms. The molecule has 2 aromatic rings. The summed E-state index contributed by atoms with van der Waals surface area (Å²) < 4.78 is 98.9. The summed E-state index contributed by atoms with van der Waals surface area (Å²) in [5.41, 5.74) is 2.02. The van der Waals surface area contributed by atoms with Crippen LogP contribution in [0, 0.1) is 13.8 Å². The van der Waals surface area contributed by atoms with Gasteiger partial charge in [0, 0.05) is 0 Å². The first-order chi connectivity index (χ1) is 13.3. The standard InChI is InChI=1S/C19H17F6O3P/c1-11-7-15-13-5-3-4-6-14(13)17(16(15)8-12(11)2)29(26,27-9-18(20,21)22)28-10-19(23,24)25/h3-8,17H,9-10H2,1-2H3. The highest BCUT2D eigenvalue weighted by Gasteiger charge is 2.48. The molecule has 10 heteroatoms. The smallest absolute Gasteiger partial charge is 0.298 e. The highest BCUT2D eigenvalue weighted by molar-refractivity contribution is 7.54. The van der Waals surface area contributed by atoms with Gasteiger partial charge in [-0.15, -0.1) is 0 Å². The third kappa shape index (κ3) is 4.68. The summed E-state index contributed by atoms with van der Waals surface area (Å²) in [4.78, 5) is 0. The molecule has 0 amide bonds. The van der Waals surface area contributed by atoms with Gasteiger partial charge in [0.25, 0.3) is 0 Å². The third-order valence-electron chi connectivity index (χ3n) is 4.64.